The van der Waals surface area contributed by atoms with Gasteiger partial charge in [-0.3, -0.25) is 4.98 Å². The van der Waals surface area contributed by atoms with Crippen LogP contribution in [0.3, 0.4) is 0 Å². The number of aryl methyl sites for hydroxylation is 1. The lowest BCUT2D eigenvalue weighted by Crippen LogP contribution is -2.15. The lowest BCUT2D eigenvalue weighted by molar-refractivity contribution is 0.437. The highest BCUT2D eigenvalue weighted by Crippen LogP contribution is 2.49. The van der Waals surface area contributed by atoms with Crippen LogP contribution in [0.1, 0.15) is 28.4 Å². The first kappa shape index (κ1) is 15.3. The van der Waals surface area contributed by atoms with E-state index in [-0.39, 0.29) is 5.92 Å². The Morgan fingerprint density at radius 2 is 1.96 bits per heavy atom. The van der Waals surface area contributed by atoms with E-state index in [1.54, 1.807) is 17.0 Å². The lowest BCUT2D eigenvalue weighted by Gasteiger charge is -2.28. The van der Waals surface area contributed by atoms with Gasteiger partial charge in [-0.15, -0.1) is 0 Å². The van der Waals surface area contributed by atoms with Crippen LogP contribution in [0.2, 0.25) is 0 Å². The average molecular weight is 365 g/mol. The van der Waals surface area contributed by atoms with Gasteiger partial charge in [-0.1, -0.05) is 42.5 Å². The molecule has 6 nitrogen and oxygen atoms in total. The zero-order chi connectivity index (χ0) is 18.7. The third kappa shape index (κ3) is 2.08. The number of pyridine rings is 1. The SMILES string of the molecule is Cc1nc2c3c(ncn2n1)Oc1c(ccc2ccccc12)[C@H]3c1cccnc1. The van der Waals surface area contributed by atoms with Crippen LogP contribution in [0.5, 0.6) is 11.6 Å². The van der Waals surface area contributed by atoms with Crippen LogP contribution >= 0.6 is 0 Å². The Morgan fingerprint density at radius 1 is 1.04 bits per heavy atom. The number of ether oxygens (including phenoxy) is 1. The molecule has 0 amide bonds. The Balaban J connectivity index is 1.73. The van der Waals surface area contributed by atoms with Crippen molar-refractivity contribution in [1.29, 1.82) is 0 Å². The summed E-state index contributed by atoms with van der Waals surface area (Å²) in [6, 6.07) is 16.5. The zero-order valence-corrected chi connectivity index (χ0v) is 15.1. The topological polar surface area (TPSA) is 65.2 Å². The molecule has 6 heteroatoms. The first-order valence-electron chi connectivity index (χ1n) is 9.11. The van der Waals surface area contributed by atoms with E-state index >= 15 is 0 Å². The summed E-state index contributed by atoms with van der Waals surface area (Å²) in [6.07, 6.45) is 5.33. The van der Waals surface area contributed by atoms with Crippen molar-refractivity contribution < 1.29 is 4.74 Å². The molecule has 4 heterocycles. The van der Waals surface area contributed by atoms with Gasteiger partial charge < -0.3 is 4.74 Å². The van der Waals surface area contributed by atoms with Crippen molar-refractivity contribution in [3.8, 4) is 11.6 Å². The molecule has 2 aromatic carbocycles. The molecule has 0 spiro atoms. The van der Waals surface area contributed by atoms with Gasteiger partial charge in [-0.2, -0.15) is 5.10 Å². The quantitative estimate of drug-likeness (QED) is 0.435. The molecule has 28 heavy (non-hydrogen) atoms. The Kier molecular flexibility index (Phi) is 3.05. The molecule has 5 aromatic rings. The molecular weight excluding hydrogens is 350 g/mol. The van der Waals surface area contributed by atoms with Crippen molar-refractivity contribution in [3.05, 3.63) is 89.8 Å². The van der Waals surface area contributed by atoms with Crippen molar-refractivity contribution in [2.45, 2.75) is 12.8 Å². The number of hydrogen-bond acceptors (Lipinski definition) is 5. The highest BCUT2D eigenvalue weighted by molar-refractivity contribution is 5.91. The number of nitrogens with zero attached hydrogens (tertiary/aromatic N) is 5. The summed E-state index contributed by atoms with van der Waals surface area (Å²) < 4.78 is 8.06. The molecule has 0 aliphatic carbocycles. The molecule has 1 aliphatic rings. The third-order valence-electron chi connectivity index (χ3n) is 5.22. The van der Waals surface area contributed by atoms with Gasteiger partial charge in [0.15, 0.2) is 5.65 Å². The van der Waals surface area contributed by atoms with E-state index in [4.69, 9.17) is 4.74 Å². The predicted octanol–water partition coefficient (Wildman–Crippen LogP) is 4.27. The first-order chi connectivity index (χ1) is 13.8. The van der Waals surface area contributed by atoms with Crippen molar-refractivity contribution >= 4 is 16.4 Å². The molecule has 0 bridgehead atoms. The second-order valence-electron chi connectivity index (χ2n) is 6.92. The van der Waals surface area contributed by atoms with Gasteiger partial charge in [0, 0.05) is 29.3 Å². The summed E-state index contributed by atoms with van der Waals surface area (Å²) >= 11 is 0. The normalized spacial score (nSPS) is 15.2. The number of benzene rings is 2. The average Bonchev–Trinajstić information content (AvgIpc) is 3.13. The van der Waals surface area contributed by atoms with Crippen LogP contribution in [0, 0.1) is 6.92 Å². The van der Waals surface area contributed by atoms with Gasteiger partial charge in [-0.25, -0.2) is 14.5 Å². The van der Waals surface area contributed by atoms with Gasteiger partial charge in [0.1, 0.15) is 17.9 Å². The molecule has 0 radical (unpaired) electrons. The summed E-state index contributed by atoms with van der Waals surface area (Å²) in [6.45, 7) is 1.88. The number of hydrogen-bond donors (Lipinski definition) is 0. The van der Waals surface area contributed by atoms with Gasteiger partial charge in [0.05, 0.1) is 5.56 Å². The van der Waals surface area contributed by atoms with E-state index in [0.29, 0.717) is 11.7 Å². The number of fused-ring (bicyclic) bond motifs is 6. The van der Waals surface area contributed by atoms with Crippen LogP contribution in [-0.2, 0) is 0 Å². The lowest BCUT2D eigenvalue weighted by atomic mass is 9.83. The molecule has 6 rings (SSSR count). The summed E-state index contributed by atoms with van der Waals surface area (Å²) in [5.74, 6) is 2.02. The molecule has 0 unspecified atom stereocenters. The van der Waals surface area contributed by atoms with E-state index in [1.165, 1.54) is 0 Å². The maximum atomic E-state index is 6.35. The number of aromatic nitrogens is 5. The Morgan fingerprint density at radius 3 is 2.86 bits per heavy atom. The van der Waals surface area contributed by atoms with E-state index in [9.17, 15) is 0 Å². The molecular formula is C22H15N5O. The summed E-state index contributed by atoms with van der Waals surface area (Å²) in [7, 11) is 0. The smallest absolute Gasteiger partial charge is 0.228 e. The van der Waals surface area contributed by atoms with Crippen LogP contribution in [-0.4, -0.2) is 24.6 Å². The van der Waals surface area contributed by atoms with Crippen molar-refractivity contribution in [3.63, 3.8) is 0 Å². The second-order valence-corrected chi connectivity index (χ2v) is 6.92. The van der Waals surface area contributed by atoms with Crippen molar-refractivity contribution in [1.82, 2.24) is 24.6 Å². The van der Waals surface area contributed by atoms with Crippen LogP contribution in [0.25, 0.3) is 16.4 Å². The Bertz CT molecular complexity index is 1360. The Hall–Kier alpha value is -3.80. The maximum absolute atomic E-state index is 6.35. The fourth-order valence-corrected chi connectivity index (χ4v) is 4.05. The van der Waals surface area contributed by atoms with E-state index in [0.717, 1.165) is 38.9 Å². The largest absolute Gasteiger partial charge is 0.438 e. The number of rotatable bonds is 1. The Labute approximate surface area is 160 Å². The van der Waals surface area contributed by atoms with Crippen LogP contribution in [0.4, 0.5) is 0 Å². The van der Waals surface area contributed by atoms with Gasteiger partial charge >= 0.3 is 0 Å². The van der Waals surface area contributed by atoms with E-state index < -0.39 is 0 Å². The van der Waals surface area contributed by atoms with Gasteiger partial charge in [0.25, 0.3) is 0 Å². The molecule has 0 fully saturated rings. The summed E-state index contributed by atoms with van der Waals surface area (Å²) in [5, 5.41) is 6.63. The van der Waals surface area contributed by atoms with Crippen molar-refractivity contribution in [2.75, 3.05) is 0 Å². The van der Waals surface area contributed by atoms with Crippen LogP contribution in [0.15, 0.2) is 67.3 Å². The van der Waals surface area contributed by atoms with Gasteiger partial charge in [0.2, 0.25) is 5.88 Å². The predicted molar refractivity (Wildman–Crippen MR) is 105 cm³/mol. The molecule has 0 saturated heterocycles. The highest BCUT2D eigenvalue weighted by atomic mass is 16.5. The molecule has 0 N–H and O–H groups in total. The molecule has 134 valence electrons. The monoisotopic (exact) mass is 365 g/mol. The van der Waals surface area contributed by atoms with Gasteiger partial charge in [-0.05, 0) is 23.9 Å². The van der Waals surface area contributed by atoms with Crippen molar-refractivity contribution in [2.24, 2.45) is 0 Å². The first-order valence-corrected chi connectivity index (χ1v) is 9.11. The van der Waals surface area contributed by atoms with E-state index in [2.05, 4.69) is 50.4 Å². The maximum Gasteiger partial charge on any atom is 0.228 e. The second kappa shape index (κ2) is 5.60. The minimum atomic E-state index is -0.0862. The zero-order valence-electron chi connectivity index (χ0n) is 15.1. The highest BCUT2D eigenvalue weighted by Gasteiger charge is 2.34. The minimum absolute atomic E-state index is 0.0862. The minimum Gasteiger partial charge on any atom is -0.438 e. The third-order valence-corrected chi connectivity index (χ3v) is 5.22. The summed E-state index contributed by atoms with van der Waals surface area (Å²) in [5.41, 5.74) is 3.82. The summed E-state index contributed by atoms with van der Waals surface area (Å²) in [4.78, 5) is 13.6. The molecule has 1 aliphatic heterocycles. The molecule has 1 atom stereocenters. The molecule has 3 aromatic heterocycles. The fraction of sp³-hybridized carbons (Fsp3) is 0.0909. The fourth-order valence-electron chi connectivity index (χ4n) is 4.05. The standard InChI is InChI=1S/C22H15N5O/c1-13-25-21-19-18(15-6-4-10-23-11-15)17-9-8-14-5-2-3-7-16(14)20(17)28-22(19)24-12-27(21)26-13/h2-12,18H,1H3/t18-/m1/s1. The van der Waals surface area contributed by atoms with E-state index in [1.807, 2.05) is 31.3 Å². The van der Waals surface area contributed by atoms with Crippen LogP contribution < -0.4 is 4.74 Å². The molecule has 0 saturated carbocycles.